The molecule has 0 aliphatic carbocycles. The molecule has 3 nitrogen and oxygen atoms in total. The van der Waals surface area contributed by atoms with Gasteiger partial charge in [0.2, 0.25) is 5.91 Å². The molecule has 1 aromatic rings. The smallest absolute Gasteiger partial charge is 0.221 e. The third-order valence-corrected chi connectivity index (χ3v) is 3.25. The van der Waals surface area contributed by atoms with Crippen LogP contribution >= 0.6 is 0 Å². The van der Waals surface area contributed by atoms with Gasteiger partial charge in [-0.15, -0.1) is 0 Å². The normalized spacial score (nSPS) is 18.5. The SMILES string of the molecule is O=C(CC1CCCN1)NCCc1cc(F)cc(F)c1. The lowest BCUT2D eigenvalue weighted by atomic mass is 10.1. The van der Waals surface area contributed by atoms with E-state index in [1.54, 1.807) is 0 Å². The lowest BCUT2D eigenvalue weighted by molar-refractivity contribution is -0.121. The number of nitrogens with one attached hydrogen (secondary N) is 2. The van der Waals surface area contributed by atoms with Gasteiger partial charge >= 0.3 is 0 Å². The Bertz CT molecular complexity index is 425. The number of hydrogen-bond acceptors (Lipinski definition) is 2. The van der Waals surface area contributed by atoms with Crippen molar-refractivity contribution in [1.29, 1.82) is 0 Å². The number of hydrogen-bond donors (Lipinski definition) is 2. The number of rotatable bonds is 5. The Morgan fingerprint density at radius 1 is 1.32 bits per heavy atom. The maximum absolute atomic E-state index is 12.9. The molecule has 1 fully saturated rings. The Labute approximate surface area is 111 Å². The monoisotopic (exact) mass is 268 g/mol. The second kappa shape index (κ2) is 6.61. The van der Waals surface area contributed by atoms with Gasteiger partial charge in [-0.05, 0) is 43.5 Å². The van der Waals surface area contributed by atoms with Crippen LogP contribution in [0.2, 0.25) is 0 Å². The molecule has 0 radical (unpaired) electrons. The van der Waals surface area contributed by atoms with Crippen LogP contribution in [-0.4, -0.2) is 25.0 Å². The number of carbonyl (C=O) groups excluding carboxylic acids is 1. The maximum atomic E-state index is 12.9. The van der Waals surface area contributed by atoms with Gasteiger partial charge in [-0.3, -0.25) is 4.79 Å². The van der Waals surface area contributed by atoms with Gasteiger partial charge in [0.25, 0.3) is 0 Å². The number of carbonyl (C=O) groups is 1. The van der Waals surface area contributed by atoms with Gasteiger partial charge in [-0.25, -0.2) is 8.78 Å². The molecule has 19 heavy (non-hydrogen) atoms. The minimum absolute atomic E-state index is 0.0173. The highest BCUT2D eigenvalue weighted by Gasteiger charge is 2.17. The van der Waals surface area contributed by atoms with Crippen LogP contribution in [-0.2, 0) is 11.2 Å². The molecule has 1 aliphatic rings. The molecule has 1 saturated heterocycles. The quantitative estimate of drug-likeness (QED) is 0.854. The van der Waals surface area contributed by atoms with E-state index in [9.17, 15) is 13.6 Å². The Hall–Kier alpha value is -1.49. The summed E-state index contributed by atoms with van der Waals surface area (Å²) >= 11 is 0. The first kappa shape index (κ1) is 13.9. The predicted octanol–water partition coefficient (Wildman–Crippen LogP) is 1.77. The summed E-state index contributed by atoms with van der Waals surface area (Å²) in [5.41, 5.74) is 0.553. The predicted molar refractivity (Wildman–Crippen MR) is 68.7 cm³/mol. The van der Waals surface area contributed by atoms with Crippen molar-refractivity contribution in [2.45, 2.75) is 31.7 Å². The Kier molecular flexibility index (Phi) is 4.85. The molecule has 0 aromatic heterocycles. The summed E-state index contributed by atoms with van der Waals surface area (Å²) in [4.78, 5) is 11.6. The molecule has 0 bridgehead atoms. The van der Waals surface area contributed by atoms with Crippen molar-refractivity contribution in [2.75, 3.05) is 13.1 Å². The molecule has 104 valence electrons. The van der Waals surface area contributed by atoms with Gasteiger partial charge in [0.15, 0.2) is 0 Å². The average Bonchev–Trinajstić information content (AvgIpc) is 2.80. The van der Waals surface area contributed by atoms with Crippen molar-refractivity contribution < 1.29 is 13.6 Å². The third-order valence-electron chi connectivity index (χ3n) is 3.25. The second-order valence-corrected chi connectivity index (χ2v) is 4.88. The summed E-state index contributed by atoms with van der Waals surface area (Å²) in [6.07, 6.45) is 3.04. The molecule has 1 unspecified atom stereocenters. The van der Waals surface area contributed by atoms with Crippen LogP contribution in [0.25, 0.3) is 0 Å². The Morgan fingerprint density at radius 2 is 2.05 bits per heavy atom. The average molecular weight is 268 g/mol. The summed E-state index contributed by atoms with van der Waals surface area (Å²) in [6.45, 7) is 1.37. The molecular weight excluding hydrogens is 250 g/mol. The fourth-order valence-corrected chi connectivity index (χ4v) is 2.33. The first-order valence-electron chi connectivity index (χ1n) is 6.58. The molecule has 1 heterocycles. The summed E-state index contributed by atoms with van der Waals surface area (Å²) in [6, 6.07) is 3.68. The molecule has 0 saturated carbocycles. The van der Waals surface area contributed by atoms with Crippen LogP contribution in [0.5, 0.6) is 0 Å². The molecule has 1 atom stereocenters. The first-order chi connectivity index (χ1) is 9.13. The fourth-order valence-electron chi connectivity index (χ4n) is 2.33. The van der Waals surface area contributed by atoms with Gasteiger partial charge in [0.1, 0.15) is 11.6 Å². The standard InChI is InChI=1S/C14H18F2N2O/c15-11-6-10(7-12(16)8-11)3-5-18-14(19)9-13-2-1-4-17-13/h6-8,13,17H,1-5,9H2,(H,18,19). The Balaban J connectivity index is 1.71. The van der Waals surface area contributed by atoms with Crippen molar-refractivity contribution in [2.24, 2.45) is 0 Å². The van der Waals surface area contributed by atoms with Crippen LogP contribution in [0.1, 0.15) is 24.8 Å². The highest BCUT2D eigenvalue weighted by molar-refractivity contribution is 5.76. The van der Waals surface area contributed by atoms with Crippen molar-refractivity contribution >= 4 is 5.91 Å². The van der Waals surface area contributed by atoms with E-state index in [1.165, 1.54) is 12.1 Å². The van der Waals surface area contributed by atoms with E-state index < -0.39 is 11.6 Å². The molecule has 1 aliphatic heterocycles. The lowest BCUT2D eigenvalue weighted by Gasteiger charge is -2.10. The van der Waals surface area contributed by atoms with Crippen molar-refractivity contribution in [3.63, 3.8) is 0 Å². The second-order valence-electron chi connectivity index (χ2n) is 4.88. The summed E-state index contributed by atoms with van der Waals surface area (Å²) in [5.74, 6) is -1.19. The van der Waals surface area contributed by atoms with E-state index in [0.29, 0.717) is 24.9 Å². The van der Waals surface area contributed by atoms with Gasteiger partial charge in [0, 0.05) is 25.1 Å². The zero-order valence-electron chi connectivity index (χ0n) is 10.7. The number of amides is 1. The van der Waals surface area contributed by atoms with Gasteiger partial charge in [0.05, 0.1) is 0 Å². The number of halogens is 2. The van der Waals surface area contributed by atoms with E-state index in [-0.39, 0.29) is 11.9 Å². The van der Waals surface area contributed by atoms with Gasteiger partial charge < -0.3 is 10.6 Å². The molecule has 1 amide bonds. The van der Waals surface area contributed by atoms with Crippen LogP contribution in [0, 0.1) is 11.6 Å². The maximum Gasteiger partial charge on any atom is 0.221 e. The minimum Gasteiger partial charge on any atom is -0.356 e. The summed E-state index contributed by atoms with van der Waals surface area (Å²) in [5, 5.41) is 6.02. The minimum atomic E-state index is -0.587. The first-order valence-corrected chi connectivity index (χ1v) is 6.58. The van der Waals surface area contributed by atoms with Crippen LogP contribution in [0.3, 0.4) is 0 Å². The van der Waals surface area contributed by atoms with E-state index in [1.807, 2.05) is 0 Å². The molecule has 2 rings (SSSR count). The van der Waals surface area contributed by atoms with E-state index in [4.69, 9.17) is 0 Å². The summed E-state index contributed by atoms with van der Waals surface area (Å²) < 4.78 is 25.9. The molecule has 1 aromatic carbocycles. The van der Waals surface area contributed by atoms with Crippen LogP contribution in [0.15, 0.2) is 18.2 Å². The zero-order chi connectivity index (χ0) is 13.7. The third kappa shape index (κ3) is 4.59. The highest BCUT2D eigenvalue weighted by Crippen LogP contribution is 2.09. The summed E-state index contributed by atoms with van der Waals surface area (Å²) in [7, 11) is 0. The van der Waals surface area contributed by atoms with Crippen molar-refractivity contribution in [3.8, 4) is 0 Å². The van der Waals surface area contributed by atoms with Crippen molar-refractivity contribution in [3.05, 3.63) is 35.4 Å². The van der Waals surface area contributed by atoms with E-state index >= 15 is 0 Å². The van der Waals surface area contributed by atoms with Gasteiger partial charge in [-0.1, -0.05) is 0 Å². The fraction of sp³-hybridized carbons (Fsp3) is 0.500. The van der Waals surface area contributed by atoms with Crippen LogP contribution < -0.4 is 10.6 Å². The van der Waals surface area contributed by atoms with Crippen molar-refractivity contribution in [1.82, 2.24) is 10.6 Å². The van der Waals surface area contributed by atoms with Crippen LogP contribution in [0.4, 0.5) is 8.78 Å². The molecule has 2 N–H and O–H groups in total. The molecular formula is C14H18F2N2O. The van der Waals surface area contributed by atoms with E-state index in [0.717, 1.165) is 25.5 Å². The Morgan fingerprint density at radius 3 is 2.68 bits per heavy atom. The zero-order valence-corrected chi connectivity index (χ0v) is 10.7. The topological polar surface area (TPSA) is 41.1 Å². The highest BCUT2D eigenvalue weighted by atomic mass is 19.1. The van der Waals surface area contributed by atoms with Gasteiger partial charge in [-0.2, -0.15) is 0 Å². The number of benzene rings is 1. The molecule has 0 spiro atoms. The largest absolute Gasteiger partial charge is 0.356 e. The molecule has 5 heteroatoms. The van der Waals surface area contributed by atoms with E-state index in [2.05, 4.69) is 10.6 Å². The lowest BCUT2D eigenvalue weighted by Crippen LogP contribution is -2.32.